The largest absolute Gasteiger partial charge is 0.485 e. The molecule has 0 saturated heterocycles. The molecule has 0 saturated carbocycles. The maximum Gasteiger partial charge on any atom is 0.128 e. The Labute approximate surface area is 110 Å². The summed E-state index contributed by atoms with van der Waals surface area (Å²) in [4.78, 5) is 4.08. The monoisotopic (exact) mass is 259 g/mol. The van der Waals surface area contributed by atoms with Crippen LogP contribution < -0.4 is 4.74 Å². The summed E-state index contributed by atoms with van der Waals surface area (Å²) in [7, 11) is 0. The number of rotatable bonds is 1. The van der Waals surface area contributed by atoms with Gasteiger partial charge in [-0.1, -0.05) is 0 Å². The third kappa shape index (κ3) is 2.19. The zero-order chi connectivity index (χ0) is 13.4. The average Bonchev–Trinajstić information content (AvgIpc) is 2.38. The Balaban J connectivity index is 1.99. The number of hydrogen-bond acceptors (Lipinski definition) is 3. The molecule has 4 heteroatoms. The molecule has 0 fully saturated rings. The summed E-state index contributed by atoms with van der Waals surface area (Å²) in [5.74, 6) is 0.0431. The lowest BCUT2D eigenvalue weighted by molar-refractivity contribution is 0.0649. The number of nitrogens with zero attached hydrogens (tertiary/aromatic N) is 1. The van der Waals surface area contributed by atoms with Crippen LogP contribution in [0, 0.1) is 12.7 Å². The average molecular weight is 259 g/mol. The lowest BCUT2D eigenvalue weighted by atomic mass is 9.94. The van der Waals surface area contributed by atoms with Crippen LogP contribution in [0.15, 0.2) is 36.7 Å². The van der Waals surface area contributed by atoms with Gasteiger partial charge < -0.3 is 9.84 Å². The van der Waals surface area contributed by atoms with Gasteiger partial charge in [-0.15, -0.1) is 0 Å². The fraction of sp³-hybridized carbons (Fsp3) is 0.267. The maximum atomic E-state index is 13.3. The molecule has 1 aliphatic rings. The van der Waals surface area contributed by atoms with E-state index in [1.165, 1.54) is 12.1 Å². The number of aliphatic hydroxyl groups is 1. The molecule has 0 aliphatic carbocycles. The topological polar surface area (TPSA) is 42.4 Å². The number of aryl methyl sites for hydroxylation is 1. The van der Waals surface area contributed by atoms with E-state index in [4.69, 9.17) is 4.74 Å². The Morgan fingerprint density at radius 2 is 2.16 bits per heavy atom. The molecule has 1 unspecified atom stereocenters. The summed E-state index contributed by atoms with van der Waals surface area (Å²) >= 11 is 0. The summed E-state index contributed by atoms with van der Waals surface area (Å²) in [6.07, 6.45) is 2.96. The first-order valence-corrected chi connectivity index (χ1v) is 6.20. The summed E-state index contributed by atoms with van der Waals surface area (Å²) in [6.45, 7) is 1.97. The predicted octanol–water partition coefficient (Wildman–Crippen LogP) is 3.09. The van der Waals surface area contributed by atoms with Gasteiger partial charge in [-0.25, -0.2) is 4.39 Å². The molecule has 1 aromatic heterocycles. The fourth-order valence-electron chi connectivity index (χ4n) is 2.42. The van der Waals surface area contributed by atoms with E-state index in [0.29, 0.717) is 17.7 Å². The quantitative estimate of drug-likeness (QED) is 0.855. The standard InChI is InChI=1S/C15H14FNO2/c1-9-4-5-17-8-12(9)15-7-13(18)11-3-2-10(16)6-14(11)19-15/h2-6,8,13,15,18H,7H2,1H3/t13-,15?/m0/s1. The van der Waals surface area contributed by atoms with Gasteiger partial charge in [0.2, 0.25) is 0 Å². The van der Waals surface area contributed by atoms with Crippen molar-refractivity contribution >= 4 is 0 Å². The molecule has 98 valence electrons. The summed E-state index contributed by atoms with van der Waals surface area (Å²) < 4.78 is 19.1. The lowest BCUT2D eigenvalue weighted by Crippen LogP contribution is -2.20. The first kappa shape index (κ1) is 12.1. The zero-order valence-electron chi connectivity index (χ0n) is 10.5. The van der Waals surface area contributed by atoms with Crippen LogP contribution in [-0.4, -0.2) is 10.1 Å². The number of pyridine rings is 1. The van der Waals surface area contributed by atoms with Crippen LogP contribution in [0.25, 0.3) is 0 Å². The molecule has 0 radical (unpaired) electrons. The van der Waals surface area contributed by atoms with Crippen LogP contribution in [0.5, 0.6) is 5.75 Å². The van der Waals surface area contributed by atoms with E-state index in [1.54, 1.807) is 18.5 Å². The van der Waals surface area contributed by atoms with Gasteiger partial charge in [-0.2, -0.15) is 0 Å². The van der Waals surface area contributed by atoms with E-state index in [-0.39, 0.29) is 11.9 Å². The Morgan fingerprint density at radius 1 is 1.32 bits per heavy atom. The van der Waals surface area contributed by atoms with E-state index in [2.05, 4.69) is 4.98 Å². The van der Waals surface area contributed by atoms with Crippen molar-refractivity contribution in [2.45, 2.75) is 25.6 Å². The molecule has 2 heterocycles. The number of aliphatic hydroxyl groups excluding tert-OH is 1. The van der Waals surface area contributed by atoms with Gasteiger partial charge in [0.15, 0.2) is 0 Å². The highest BCUT2D eigenvalue weighted by molar-refractivity contribution is 5.39. The Kier molecular flexibility index (Phi) is 2.95. The molecule has 1 aliphatic heterocycles. The minimum Gasteiger partial charge on any atom is -0.485 e. The smallest absolute Gasteiger partial charge is 0.128 e. The van der Waals surface area contributed by atoms with Crippen molar-refractivity contribution < 1.29 is 14.2 Å². The molecule has 0 spiro atoms. The highest BCUT2D eigenvalue weighted by Gasteiger charge is 2.29. The van der Waals surface area contributed by atoms with Gasteiger partial charge in [-0.05, 0) is 30.7 Å². The van der Waals surface area contributed by atoms with Gasteiger partial charge in [-0.3, -0.25) is 4.98 Å². The molecule has 1 aromatic carbocycles. The van der Waals surface area contributed by atoms with Crippen LogP contribution in [0.2, 0.25) is 0 Å². The van der Waals surface area contributed by atoms with Crippen molar-refractivity contribution in [3.8, 4) is 5.75 Å². The van der Waals surface area contributed by atoms with Crippen molar-refractivity contribution in [1.82, 2.24) is 4.98 Å². The van der Waals surface area contributed by atoms with E-state index in [9.17, 15) is 9.50 Å². The first-order valence-electron chi connectivity index (χ1n) is 6.20. The predicted molar refractivity (Wildman–Crippen MR) is 68.3 cm³/mol. The van der Waals surface area contributed by atoms with Crippen LogP contribution in [0.1, 0.15) is 35.3 Å². The lowest BCUT2D eigenvalue weighted by Gasteiger charge is -2.30. The van der Waals surface area contributed by atoms with Crippen molar-refractivity contribution in [3.05, 3.63) is 59.2 Å². The second kappa shape index (κ2) is 4.63. The minimum absolute atomic E-state index is 0.294. The number of ether oxygens (including phenoxy) is 1. The van der Waals surface area contributed by atoms with Crippen LogP contribution in [-0.2, 0) is 0 Å². The normalized spacial score (nSPS) is 21.6. The number of aromatic nitrogens is 1. The highest BCUT2D eigenvalue weighted by atomic mass is 19.1. The van der Waals surface area contributed by atoms with Gasteiger partial charge in [0, 0.05) is 36.0 Å². The Hall–Kier alpha value is -1.94. The third-order valence-electron chi connectivity index (χ3n) is 3.47. The number of hydrogen-bond donors (Lipinski definition) is 1. The van der Waals surface area contributed by atoms with Crippen molar-refractivity contribution in [2.24, 2.45) is 0 Å². The summed E-state index contributed by atoms with van der Waals surface area (Å²) in [5.41, 5.74) is 2.61. The van der Waals surface area contributed by atoms with Crippen LogP contribution >= 0.6 is 0 Å². The number of halogens is 1. The zero-order valence-corrected chi connectivity index (χ0v) is 10.5. The van der Waals surface area contributed by atoms with Gasteiger partial charge in [0.25, 0.3) is 0 Å². The molecular weight excluding hydrogens is 245 g/mol. The van der Waals surface area contributed by atoms with Gasteiger partial charge in [0.1, 0.15) is 17.7 Å². The molecule has 2 aromatic rings. The van der Waals surface area contributed by atoms with E-state index >= 15 is 0 Å². The summed E-state index contributed by atoms with van der Waals surface area (Å²) in [6, 6.07) is 6.12. The second-order valence-electron chi connectivity index (χ2n) is 4.77. The van der Waals surface area contributed by atoms with Gasteiger partial charge >= 0.3 is 0 Å². The van der Waals surface area contributed by atoms with Crippen molar-refractivity contribution in [1.29, 1.82) is 0 Å². The molecule has 1 N–H and O–H groups in total. The van der Waals surface area contributed by atoms with Crippen LogP contribution in [0.4, 0.5) is 4.39 Å². The van der Waals surface area contributed by atoms with Crippen LogP contribution in [0.3, 0.4) is 0 Å². The third-order valence-corrected chi connectivity index (χ3v) is 3.47. The molecule has 2 atom stereocenters. The molecule has 0 amide bonds. The van der Waals surface area contributed by atoms with Gasteiger partial charge in [0.05, 0.1) is 6.10 Å². The van der Waals surface area contributed by atoms with Crippen molar-refractivity contribution in [2.75, 3.05) is 0 Å². The molecule has 3 nitrogen and oxygen atoms in total. The van der Waals surface area contributed by atoms with E-state index in [0.717, 1.165) is 11.1 Å². The second-order valence-corrected chi connectivity index (χ2v) is 4.77. The highest BCUT2D eigenvalue weighted by Crippen LogP contribution is 2.41. The molecule has 19 heavy (non-hydrogen) atoms. The fourth-order valence-corrected chi connectivity index (χ4v) is 2.42. The Morgan fingerprint density at radius 3 is 2.95 bits per heavy atom. The SMILES string of the molecule is Cc1ccncc1C1C[C@H](O)c2ccc(F)cc2O1. The first-order chi connectivity index (χ1) is 9.15. The van der Waals surface area contributed by atoms with E-state index in [1.807, 2.05) is 13.0 Å². The number of benzene rings is 1. The molecule has 3 rings (SSSR count). The maximum absolute atomic E-state index is 13.3. The number of fused-ring (bicyclic) bond motifs is 1. The van der Waals surface area contributed by atoms with Crippen molar-refractivity contribution in [3.63, 3.8) is 0 Å². The molecular formula is C15H14FNO2. The van der Waals surface area contributed by atoms with E-state index < -0.39 is 6.10 Å². The molecule has 0 bridgehead atoms. The minimum atomic E-state index is -0.644. The Bertz CT molecular complexity index is 615. The summed E-state index contributed by atoms with van der Waals surface area (Å²) in [5, 5.41) is 10.2.